The lowest BCUT2D eigenvalue weighted by atomic mass is 10.1. The SMILES string of the molecule is COc1c(CN)cnc2ccccc12.Cl.Cl. The Balaban J connectivity index is 0.00000112. The van der Waals surface area contributed by atoms with Gasteiger partial charge in [0.25, 0.3) is 0 Å². The van der Waals surface area contributed by atoms with Gasteiger partial charge in [-0.3, -0.25) is 4.98 Å². The maximum atomic E-state index is 5.60. The zero-order valence-corrected chi connectivity index (χ0v) is 10.5. The lowest BCUT2D eigenvalue weighted by Crippen LogP contribution is -2.01. The Kier molecular flexibility index (Phi) is 6.11. The molecule has 3 nitrogen and oxygen atoms in total. The first-order valence-corrected chi connectivity index (χ1v) is 4.47. The molecule has 0 unspecified atom stereocenters. The Hall–Kier alpha value is -1.03. The van der Waals surface area contributed by atoms with Gasteiger partial charge in [-0.05, 0) is 12.1 Å². The average molecular weight is 261 g/mol. The van der Waals surface area contributed by atoms with E-state index in [4.69, 9.17) is 10.5 Å². The molecule has 0 spiro atoms. The fraction of sp³-hybridized carbons (Fsp3) is 0.182. The molecule has 16 heavy (non-hydrogen) atoms. The molecule has 2 N–H and O–H groups in total. The number of rotatable bonds is 2. The molecule has 1 aromatic heterocycles. The number of hydrogen-bond acceptors (Lipinski definition) is 3. The largest absolute Gasteiger partial charge is 0.496 e. The molecule has 5 heteroatoms. The lowest BCUT2D eigenvalue weighted by Gasteiger charge is -2.08. The van der Waals surface area contributed by atoms with E-state index in [2.05, 4.69) is 4.98 Å². The van der Waals surface area contributed by atoms with Crippen molar-refractivity contribution in [2.45, 2.75) is 6.54 Å². The van der Waals surface area contributed by atoms with Crippen LogP contribution in [0.15, 0.2) is 30.5 Å². The van der Waals surface area contributed by atoms with Crippen LogP contribution in [0.25, 0.3) is 10.9 Å². The van der Waals surface area contributed by atoms with Crippen LogP contribution in [0.1, 0.15) is 5.56 Å². The monoisotopic (exact) mass is 260 g/mol. The van der Waals surface area contributed by atoms with Gasteiger partial charge in [-0.25, -0.2) is 0 Å². The Morgan fingerprint density at radius 2 is 1.94 bits per heavy atom. The van der Waals surface area contributed by atoms with E-state index in [0.29, 0.717) is 6.54 Å². The van der Waals surface area contributed by atoms with Crippen LogP contribution in [0.5, 0.6) is 5.75 Å². The summed E-state index contributed by atoms with van der Waals surface area (Å²) >= 11 is 0. The summed E-state index contributed by atoms with van der Waals surface area (Å²) in [6.45, 7) is 0.445. The molecule has 0 saturated carbocycles. The molecule has 1 aromatic carbocycles. The van der Waals surface area contributed by atoms with E-state index in [0.717, 1.165) is 22.2 Å². The van der Waals surface area contributed by atoms with E-state index in [1.165, 1.54) is 0 Å². The zero-order chi connectivity index (χ0) is 9.97. The number of methoxy groups -OCH3 is 1. The zero-order valence-electron chi connectivity index (χ0n) is 8.84. The van der Waals surface area contributed by atoms with Gasteiger partial charge in [-0.1, -0.05) is 12.1 Å². The van der Waals surface area contributed by atoms with Crippen molar-refractivity contribution >= 4 is 35.7 Å². The Bertz CT molecular complexity index is 463. The number of nitrogens with zero attached hydrogens (tertiary/aromatic N) is 1. The minimum absolute atomic E-state index is 0. The quantitative estimate of drug-likeness (QED) is 0.903. The molecule has 0 fully saturated rings. The fourth-order valence-electron chi connectivity index (χ4n) is 1.54. The van der Waals surface area contributed by atoms with Crippen LogP contribution >= 0.6 is 24.8 Å². The van der Waals surface area contributed by atoms with Crippen LogP contribution in [0.2, 0.25) is 0 Å². The Morgan fingerprint density at radius 3 is 2.56 bits per heavy atom. The van der Waals surface area contributed by atoms with Crippen LogP contribution < -0.4 is 10.5 Å². The van der Waals surface area contributed by atoms with Crippen LogP contribution in [0.3, 0.4) is 0 Å². The highest BCUT2D eigenvalue weighted by atomic mass is 35.5. The first-order chi connectivity index (χ1) is 6.86. The molecule has 0 radical (unpaired) electrons. The fourth-order valence-corrected chi connectivity index (χ4v) is 1.54. The number of halogens is 2. The van der Waals surface area contributed by atoms with Crippen LogP contribution in [0, 0.1) is 0 Å². The number of para-hydroxylation sites is 1. The maximum absolute atomic E-state index is 5.60. The minimum Gasteiger partial charge on any atom is -0.496 e. The van der Waals surface area contributed by atoms with E-state index in [-0.39, 0.29) is 24.8 Å². The van der Waals surface area contributed by atoms with E-state index in [1.807, 2.05) is 24.3 Å². The van der Waals surface area contributed by atoms with Crippen molar-refractivity contribution in [1.29, 1.82) is 0 Å². The highest BCUT2D eigenvalue weighted by molar-refractivity contribution is 5.86. The highest BCUT2D eigenvalue weighted by Gasteiger charge is 2.06. The number of hydrogen-bond donors (Lipinski definition) is 1. The molecule has 0 amide bonds. The van der Waals surface area contributed by atoms with Gasteiger partial charge in [0.15, 0.2) is 0 Å². The van der Waals surface area contributed by atoms with Crippen molar-refractivity contribution < 1.29 is 4.74 Å². The molecule has 0 atom stereocenters. The third-order valence-electron chi connectivity index (χ3n) is 2.22. The van der Waals surface area contributed by atoms with E-state index in [9.17, 15) is 0 Å². The second-order valence-electron chi connectivity index (χ2n) is 3.04. The summed E-state index contributed by atoms with van der Waals surface area (Å²) in [5.41, 5.74) is 7.47. The normalized spacial score (nSPS) is 9.12. The Morgan fingerprint density at radius 1 is 1.25 bits per heavy atom. The third-order valence-corrected chi connectivity index (χ3v) is 2.22. The summed E-state index contributed by atoms with van der Waals surface area (Å²) < 4.78 is 5.33. The van der Waals surface area contributed by atoms with Gasteiger partial charge in [-0.2, -0.15) is 0 Å². The minimum atomic E-state index is 0. The van der Waals surface area contributed by atoms with Gasteiger partial charge in [0, 0.05) is 23.7 Å². The van der Waals surface area contributed by atoms with Crippen molar-refractivity contribution in [2.75, 3.05) is 7.11 Å². The second-order valence-corrected chi connectivity index (χ2v) is 3.04. The number of ether oxygens (including phenoxy) is 1. The second kappa shape index (κ2) is 6.53. The number of aromatic nitrogens is 1. The van der Waals surface area contributed by atoms with Crippen LogP contribution in [0.4, 0.5) is 0 Å². The molecule has 0 aliphatic rings. The van der Waals surface area contributed by atoms with Crippen molar-refractivity contribution in [3.63, 3.8) is 0 Å². The van der Waals surface area contributed by atoms with E-state index < -0.39 is 0 Å². The smallest absolute Gasteiger partial charge is 0.134 e. The van der Waals surface area contributed by atoms with E-state index in [1.54, 1.807) is 13.3 Å². The summed E-state index contributed by atoms with van der Waals surface area (Å²) in [7, 11) is 1.65. The van der Waals surface area contributed by atoms with Crippen LogP contribution in [-0.4, -0.2) is 12.1 Å². The average Bonchev–Trinajstić information content (AvgIpc) is 2.27. The summed E-state index contributed by atoms with van der Waals surface area (Å²) in [4.78, 5) is 4.30. The first-order valence-electron chi connectivity index (χ1n) is 4.47. The third kappa shape index (κ3) is 2.55. The summed E-state index contributed by atoms with van der Waals surface area (Å²) in [5.74, 6) is 0.832. The number of pyridine rings is 1. The van der Waals surface area contributed by atoms with Gasteiger partial charge < -0.3 is 10.5 Å². The Labute approximate surface area is 107 Å². The van der Waals surface area contributed by atoms with Gasteiger partial charge in [0.2, 0.25) is 0 Å². The van der Waals surface area contributed by atoms with Gasteiger partial charge in [0.05, 0.1) is 12.6 Å². The summed E-state index contributed by atoms with van der Waals surface area (Å²) in [6.07, 6.45) is 1.77. The highest BCUT2D eigenvalue weighted by Crippen LogP contribution is 2.27. The first kappa shape index (κ1) is 15.0. The molecule has 0 aliphatic heterocycles. The van der Waals surface area contributed by atoms with Crippen molar-refractivity contribution in [1.82, 2.24) is 4.98 Å². The molecule has 0 aliphatic carbocycles. The number of fused-ring (bicyclic) bond motifs is 1. The maximum Gasteiger partial charge on any atom is 0.134 e. The number of nitrogens with two attached hydrogens (primary N) is 1. The van der Waals surface area contributed by atoms with Crippen molar-refractivity contribution in [2.24, 2.45) is 5.73 Å². The van der Waals surface area contributed by atoms with Crippen molar-refractivity contribution in [3.8, 4) is 5.75 Å². The molecule has 1 heterocycles. The van der Waals surface area contributed by atoms with Crippen LogP contribution in [-0.2, 0) is 6.54 Å². The molecule has 0 saturated heterocycles. The molecular formula is C11H14Cl2N2O. The topological polar surface area (TPSA) is 48.1 Å². The molecular weight excluding hydrogens is 247 g/mol. The molecule has 2 rings (SSSR count). The van der Waals surface area contributed by atoms with Gasteiger partial charge in [0.1, 0.15) is 5.75 Å². The predicted molar refractivity (Wildman–Crippen MR) is 70.7 cm³/mol. The lowest BCUT2D eigenvalue weighted by molar-refractivity contribution is 0.414. The summed E-state index contributed by atoms with van der Waals surface area (Å²) in [6, 6.07) is 7.86. The van der Waals surface area contributed by atoms with E-state index >= 15 is 0 Å². The van der Waals surface area contributed by atoms with Crippen molar-refractivity contribution in [3.05, 3.63) is 36.0 Å². The predicted octanol–water partition coefficient (Wildman–Crippen LogP) is 2.55. The van der Waals surface area contributed by atoms with Gasteiger partial charge >= 0.3 is 0 Å². The molecule has 88 valence electrons. The number of benzene rings is 1. The molecule has 0 bridgehead atoms. The standard InChI is InChI=1S/C11H12N2O.2ClH/c1-14-11-8(6-12)7-13-10-5-3-2-4-9(10)11;;/h2-5,7H,6,12H2,1H3;2*1H. The molecule has 2 aromatic rings. The van der Waals surface area contributed by atoms with Gasteiger partial charge in [-0.15, -0.1) is 24.8 Å². The summed E-state index contributed by atoms with van der Waals surface area (Å²) in [5, 5.41) is 1.01.